The molecule has 2 aromatic heterocycles. The summed E-state index contributed by atoms with van der Waals surface area (Å²) < 4.78 is 1.74. The maximum Gasteiger partial charge on any atom is 0.183 e. The molecule has 0 saturated heterocycles. The Kier molecular flexibility index (Phi) is 3.16. The first-order valence-electron chi connectivity index (χ1n) is 6.30. The van der Waals surface area contributed by atoms with Crippen molar-refractivity contribution in [3.63, 3.8) is 0 Å². The van der Waals surface area contributed by atoms with E-state index in [4.69, 9.17) is 0 Å². The van der Waals surface area contributed by atoms with Crippen LogP contribution in [0.5, 0.6) is 0 Å². The molecule has 1 aromatic carbocycles. The van der Waals surface area contributed by atoms with Gasteiger partial charge in [0.2, 0.25) is 0 Å². The highest BCUT2D eigenvalue weighted by Crippen LogP contribution is 2.25. The molecule has 0 aliphatic rings. The number of aryl methyl sites for hydroxylation is 2. The van der Waals surface area contributed by atoms with Gasteiger partial charge >= 0.3 is 0 Å². The fraction of sp³-hybridized carbons (Fsp3) is 0.231. The average Bonchev–Trinajstić information content (AvgIpc) is 3.06. The number of aromatic nitrogens is 6. The Hall–Kier alpha value is -2.70. The van der Waals surface area contributed by atoms with E-state index in [0.717, 1.165) is 22.8 Å². The molecular weight excluding hydrogens is 254 g/mol. The van der Waals surface area contributed by atoms with Crippen molar-refractivity contribution >= 4 is 5.69 Å². The number of nitrogens with one attached hydrogen (secondary N) is 2. The minimum Gasteiger partial charge on any atom is -0.379 e. The number of hydrogen-bond acceptors (Lipinski definition) is 5. The van der Waals surface area contributed by atoms with Gasteiger partial charge in [-0.15, -0.1) is 5.10 Å². The fourth-order valence-electron chi connectivity index (χ4n) is 1.95. The van der Waals surface area contributed by atoms with Crippen LogP contribution in [-0.2, 0) is 13.6 Å². The second-order valence-corrected chi connectivity index (χ2v) is 4.49. The van der Waals surface area contributed by atoms with Crippen LogP contribution in [0.15, 0.2) is 30.5 Å². The summed E-state index contributed by atoms with van der Waals surface area (Å²) >= 11 is 0. The van der Waals surface area contributed by atoms with Crippen LogP contribution >= 0.6 is 0 Å². The SMILES string of the molecule is Cc1nc(-c2ccccc2NCc2cnnn2C)n[nH]1. The van der Waals surface area contributed by atoms with Gasteiger partial charge in [-0.05, 0) is 19.1 Å². The second-order valence-electron chi connectivity index (χ2n) is 4.49. The van der Waals surface area contributed by atoms with Crippen LogP contribution in [0.1, 0.15) is 11.5 Å². The van der Waals surface area contributed by atoms with E-state index in [1.165, 1.54) is 0 Å². The fourth-order valence-corrected chi connectivity index (χ4v) is 1.95. The lowest BCUT2D eigenvalue weighted by Gasteiger charge is -2.09. The Labute approximate surface area is 116 Å². The molecule has 102 valence electrons. The molecule has 0 saturated carbocycles. The molecule has 7 nitrogen and oxygen atoms in total. The number of anilines is 1. The Morgan fingerprint density at radius 2 is 2.15 bits per heavy atom. The normalized spacial score (nSPS) is 10.7. The van der Waals surface area contributed by atoms with E-state index < -0.39 is 0 Å². The Bertz CT molecular complexity index is 713. The molecular formula is C13H15N7. The van der Waals surface area contributed by atoms with Gasteiger partial charge in [-0.2, -0.15) is 5.10 Å². The molecule has 2 heterocycles. The van der Waals surface area contributed by atoms with E-state index in [9.17, 15) is 0 Å². The van der Waals surface area contributed by atoms with Gasteiger partial charge in [-0.3, -0.25) is 9.78 Å². The van der Waals surface area contributed by atoms with Gasteiger partial charge < -0.3 is 5.32 Å². The first-order chi connectivity index (χ1) is 9.74. The number of H-pyrrole nitrogens is 1. The number of benzene rings is 1. The third-order valence-corrected chi connectivity index (χ3v) is 3.03. The van der Waals surface area contributed by atoms with Gasteiger partial charge in [0.15, 0.2) is 5.82 Å². The van der Waals surface area contributed by atoms with Crippen molar-refractivity contribution in [3.8, 4) is 11.4 Å². The second kappa shape index (κ2) is 5.12. The molecule has 0 fully saturated rings. The lowest BCUT2D eigenvalue weighted by molar-refractivity contribution is 0.683. The summed E-state index contributed by atoms with van der Waals surface area (Å²) in [7, 11) is 1.87. The lowest BCUT2D eigenvalue weighted by Crippen LogP contribution is -2.06. The highest BCUT2D eigenvalue weighted by molar-refractivity contribution is 5.73. The minimum absolute atomic E-state index is 0.643. The zero-order valence-electron chi connectivity index (χ0n) is 11.3. The molecule has 0 atom stereocenters. The van der Waals surface area contributed by atoms with Crippen molar-refractivity contribution in [1.29, 1.82) is 0 Å². The largest absolute Gasteiger partial charge is 0.379 e. The molecule has 0 spiro atoms. The number of para-hydroxylation sites is 1. The topological polar surface area (TPSA) is 84.3 Å². The molecule has 0 radical (unpaired) electrons. The highest BCUT2D eigenvalue weighted by Gasteiger charge is 2.09. The van der Waals surface area contributed by atoms with Crippen molar-refractivity contribution in [2.45, 2.75) is 13.5 Å². The Balaban J connectivity index is 1.85. The maximum absolute atomic E-state index is 4.37. The van der Waals surface area contributed by atoms with Crippen LogP contribution in [0.2, 0.25) is 0 Å². The molecule has 3 aromatic rings. The van der Waals surface area contributed by atoms with E-state index in [1.807, 2.05) is 38.2 Å². The average molecular weight is 269 g/mol. The summed E-state index contributed by atoms with van der Waals surface area (Å²) in [4.78, 5) is 4.37. The van der Waals surface area contributed by atoms with Gasteiger partial charge in [0.05, 0.1) is 18.4 Å². The van der Waals surface area contributed by atoms with Crippen LogP contribution in [0.4, 0.5) is 5.69 Å². The monoisotopic (exact) mass is 269 g/mol. The molecule has 3 rings (SSSR count). The summed E-state index contributed by atoms with van der Waals surface area (Å²) in [6.45, 7) is 2.53. The molecule has 0 unspecified atom stereocenters. The Morgan fingerprint density at radius 3 is 2.85 bits per heavy atom. The van der Waals surface area contributed by atoms with E-state index in [2.05, 4.69) is 30.8 Å². The zero-order valence-corrected chi connectivity index (χ0v) is 11.3. The van der Waals surface area contributed by atoms with Crippen molar-refractivity contribution in [3.05, 3.63) is 42.0 Å². The van der Waals surface area contributed by atoms with E-state index >= 15 is 0 Å². The van der Waals surface area contributed by atoms with E-state index in [0.29, 0.717) is 12.4 Å². The summed E-state index contributed by atoms with van der Waals surface area (Å²) in [5, 5.41) is 18.2. The summed E-state index contributed by atoms with van der Waals surface area (Å²) in [6, 6.07) is 7.95. The van der Waals surface area contributed by atoms with Gasteiger partial charge in [0.25, 0.3) is 0 Å². The summed E-state index contributed by atoms with van der Waals surface area (Å²) in [5.74, 6) is 1.49. The van der Waals surface area contributed by atoms with Crippen molar-refractivity contribution < 1.29 is 0 Å². The van der Waals surface area contributed by atoms with Crippen LogP contribution < -0.4 is 5.32 Å². The van der Waals surface area contributed by atoms with Crippen LogP contribution in [0, 0.1) is 6.92 Å². The molecule has 2 N–H and O–H groups in total. The Morgan fingerprint density at radius 1 is 1.30 bits per heavy atom. The molecule has 0 amide bonds. The quantitative estimate of drug-likeness (QED) is 0.750. The number of aromatic amines is 1. The van der Waals surface area contributed by atoms with E-state index in [-0.39, 0.29) is 0 Å². The predicted molar refractivity (Wildman–Crippen MR) is 74.9 cm³/mol. The molecule has 0 bridgehead atoms. The van der Waals surface area contributed by atoms with Gasteiger partial charge in [0, 0.05) is 18.3 Å². The number of rotatable bonds is 4. The third kappa shape index (κ3) is 2.37. The summed E-state index contributed by atoms with van der Waals surface area (Å²) in [5.41, 5.74) is 2.95. The van der Waals surface area contributed by atoms with Crippen LogP contribution in [-0.4, -0.2) is 30.2 Å². The van der Waals surface area contributed by atoms with Gasteiger partial charge in [0.1, 0.15) is 5.82 Å². The smallest absolute Gasteiger partial charge is 0.183 e. The van der Waals surface area contributed by atoms with Gasteiger partial charge in [-0.25, -0.2) is 4.98 Å². The van der Waals surface area contributed by atoms with Crippen LogP contribution in [0.25, 0.3) is 11.4 Å². The van der Waals surface area contributed by atoms with Crippen LogP contribution in [0.3, 0.4) is 0 Å². The number of hydrogen-bond donors (Lipinski definition) is 2. The molecule has 0 aliphatic carbocycles. The third-order valence-electron chi connectivity index (χ3n) is 3.03. The molecule has 7 heteroatoms. The van der Waals surface area contributed by atoms with E-state index in [1.54, 1.807) is 10.9 Å². The van der Waals surface area contributed by atoms with Crippen molar-refractivity contribution in [1.82, 2.24) is 30.2 Å². The first kappa shape index (κ1) is 12.3. The maximum atomic E-state index is 4.37. The van der Waals surface area contributed by atoms with Gasteiger partial charge in [-0.1, -0.05) is 17.3 Å². The minimum atomic E-state index is 0.643. The lowest BCUT2D eigenvalue weighted by atomic mass is 10.1. The predicted octanol–water partition coefficient (Wildman–Crippen LogP) is 1.52. The first-order valence-corrected chi connectivity index (χ1v) is 6.30. The number of nitrogens with zero attached hydrogens (tertiary/aromatic N) is 5. The standard InChI is InChI=1S/C13H15N7/c1-9-16-13(18-17-9)11-5-3-4-6-12(11)14-7-10-8-15-19-20(10)2/h3-6,8,14H,7H2,1-2H3,(H,16,17,18). The summed E-state index contributed by atoms with van der Waals surface area (Å²) in [6.07, 6.45) is 1.74. The zero-order chi connectivity index (χ0) is 13.9. The highest BCUT2D eigenvalue weighted by atomic mass is 15.4. The van der Waals surface area contributed by atoms with Crippen molar-refractivity contribution in [2.75, 3.05) is 5.32 Å². The van der Waals surface area contributed by atoms with Crippen molar-refractivity contribution in [2.24, 2.45) is 7.05 Å². The molecule has 0 aliphatic heterocycles. The molecule has 20 heavy (non-hydrogen) atoms.